The van der Waals surface area contributed by atoms with E-state index in [1.54, 1.807) is 0 Å². The third-order valence-corrected chi connectivity index (χ3v) is 13.3. The molecular weight excluding hydrogens is 781 g/mol. The van der Waals surface area contributed by atoms with E-state index in [0.29, 0.717) is 19.3 Å². The Bertz CT molecular complexity index is 964. The van der Waals surface area contributed by atoms with Gasteiger partial charge in [0.25, 0.3) is 0 Å². The van der Waals surface area contributed by atoms with Crippen molar-refractivity contribution in [1.82, 2.24) is 0 Å². The fourth-order valence-corrected chi connectivity index (χ4v) is 8.66. The summed E-state index contributed by atoms with van der Waals surface area (Å²) in [5.41, 5.74) is 0. The molecule has 6 nitrogen and oxygen atoms in total. The maximum Gasteiger partial charge on any atom is 0.306 e. The fourth-order valence-electron chi connectivity index (χ4n) is 8.66. The van der Waals surface area contributed by atoms with Crippen LogP contribution in [0.1, 0.15) is 317 Å². The van der Waals surface area contributed by atoms with Crippen LogP contribution in [0.5, 0.6) is 0 Å². The van der Waals surface area contributed by atoms with Gasteiger partial charge in [-0.25, -0.2) is 0 Å². The maximum atomic E-state index is 12.8. The summed E-state index contributed by atoms with van der Waals surface area (Å²) in [7, 11) is 0. The smallest absolute Gasteiger partial charge is 0.306 e. The lowest BCUT2D eigenvalue weighted by Gasteiger charge is -2.18. The zero-order valence-electron chi connectivity index (χ0n) is 43.2. The highest BCUT2D eigenvalue weighted by Gasteiger charge is 2.19. The number of carbonyl (C=O) groups is 3. The minimum atomic E-state index is -0.762. The molecule has 0 saturated carbocycles. The van der Waals surface area contributed by atoms with Gasteiger partial charge in [-0.2, -0.15) is 0 Å². The molecule has 2 atom stereocenters. The van der Waals surface area contributed by atoms with Gasteiger partial charge in [-0.05, 0) is 31.1 Å². The van der Waals surface area contributed by atoms with Crippen molar-refractivity contribution in [2.24, 2.45) is 11.8 Å². The van der Waals surface area contributed by atoms with E-state index in [1.165, 1.54) is 205 Å². The first kappa shape index (κ1) is 61.4. The lowest BCUT2D eigenvalue weighted by atomic mass is 9.99. The van der Waals surface area contributed by atoms with Gasteiger partial charge in [-0.1, -0.05) is 279 Å². The van der Waals surface area contributed by atoms with Crippen molar-refractivity contribution in [2.75, 3.05) is 13.2 Å². The molecule has 0 aliphatic carbocycles. The molecule has 0 aromatic heterocycles. The molecule has 0 N–H and O–H groups in total. The van der Waals surface area contributed by atoms with Gasteiger partial charge in [0.2, 0.25) is 0 Å². The van der Waals surface area contributed by atoms with E-state index < -0.39 is 6.10 Å². The van der Waals surface area contributed by atoms with Crippen LogP contribution in [0.4, 0.5) is 0 Å². The van der Waals surface area contributed by atoms with Crippen molar-refractivity contribution in [2.45, 2.75) is 323 Å². The molecule has 0 aromatic carbocycles. The van der Waals surface area contributed by atoms with Crippen molar-refractivity contribution in [1.29, 1.82) is 0 Å². The SMILES string of the molecule is CCCCCCCCCCCCCCCC(=O)O[C@H](COC(=O)CCCCCCCCCCCCCCCCCC(C)C)COC(=O)CCCCCCCCCCCCC(C)CC. The summed E-state index contributed by atoms with van der Waals surface area (Å²) in [5, 5.41) is 0. The van der Waals surface area contributed by atoms with E-state index in [2.05, 4.69) is 34.6 Å². The molecule has 0 aliphatic heterocycles. The third kappa shape index (κ3) is 49.7. The fraction of sp³-hybridized carbons (Fsp3) is 0.947. The predicted octanol–water partition coefficient (Wildman–Crippen LogP) is 18.5. The van der Waals surface area contributed by atoms with Crippen LogP contribution >= 0.6 is 0 Å². The topological polar surface area (TPSA) is 78.9 Å². The molecule has 0 aromatic rings. The maximum absolute atomic E-state index is 12.8. The molecule has 0 heterocycles. The lowest BCUT2D eigenvalue weighted by Crippen LogP contribution is -2.30. The molecule has 0 bridgehead atoms. The standard InChI is InChI=1S/C57H110O6/c1-6-8-9-10-11-12-13-17-22-29-34-39-44-49-57(60)63-54(51-62-56(59)48-43-38-33-28-24-23-26-31-36-41-46-53(5)7-2)50-61-55(58)47-42-37-32-27-21-19-16-14-15-18-20-25-30-35-40-45-52(3)4/h52-54H,6-51H2,1-5H3/t53?,54-/m1/s1. The van der Waals surface area contributed by atoms with Crippen molar-refractivity contribution in [3.8, 4) is 0 Å². The highest BCUT2D eigenvalue weighted by molar-refractivity contribution is 5.71. The van der Waals surface area contributed by atoms with Gasteiger partial charge in [-0.15, -0.1) is 0 Å². The number of hydrogen-bond donors (Lipinski definition) is 0. The molecule has 0 aliphatic rings. The first-order valence-electron chi connectivity index (χ1n) is 28.3. The largest absolute Gasteiger partial charge is 0.462 e. The summed E-state index contributed by atoms with van der Waals surface area (Å²) in [6, 6.07) is 0. The van der Waals surface area contributed by atoms with Crippen LogP contribution in [-0.2, 0) is 28.6 Å². The molecule has 374 valence electrons. The minimum absolute atomic E-state index is 0.0629. The number of rotatable bonds is 51. The molecule has 63 heavy (non-hydrogen) atoms. The van der Waals surface area contributed by atoms with Gasteiger partial charge < -0.3 is 14.2 Å². The molecule has 0 radical (unpaired) electrons. The highest BCUT2D eigenvalue weighted by Crippen LogP contribution is 2.18. The van der Waals surface area contributed by atoms with Crippen molar-refractivity contribution in [3.05, 3.63) is 0 Å². The summed E-state index contributed by atoms with van der Waals surface area (Å²) in [5.74, 6) is 0.878. The van der Waals surface area contributed by atoms with E-state index >= 15 is 0 Å². The van der Waals surface area contributed by atoms with Crippen LogP contribution in [0.15, 0.2) is 0 Å². The molecule has 0 rings (SSSR count). The number of unbranched alkanes of at least 4 members (excludes halogenated alkanes) is 35. The Balaban J connectivity index is 4.29. The Morgan fingerprint density at radius 1 is 0.333 bits per heavy atom. The van der Waals surface area contributed by atoms with E-state index in [-0.39, 0.29) is 31.1 Å². The number of ether oxygens (including phenoxy) is 3. The second-order valence-corrected chi connectivity index (χ2v) is 20.3. The number of carbonyl (C=O) groups excluding carboxylic acids is 3. The lowest BCUT2D eigenvalue weighted by molar-refractivity contribution is -0.167. The first-order valence-corrected chi connectivity index (χ1v) is 28.3. The van der Waals surface area contributed by atoms with Gasteiger partial charge in [0, 0.05) is 19.3 Å². The molecular formula is C57H110O6. The predicted molar refractivity (Wildman–Crippen MR) is 270 cm³/mol. The minimum Gasteiger partial charge on any atom is -0.462 e. The Morgan fingerprint density at radius 3 is 0.905 bits per heavy atom. The zero-order valence-corrected chi connectivity index (χ0v) is 43.2. The van der Waals surface area contributed by atoms with Gasteiger partial charge in [0.15, 0.2) is 6.10 Å². The molecule has 1 unspecified atom stereocenters. The molecule has 6 heteroatoms. The van der Waals surface area contributed by atoms with Gasteiger partial charge in [-0.3, -0.25) is 14.4 Å². The zero-order chi connectivity index (χ0) is 46.1. The van der Waals surface area contributed by atoms with Crippen LogP contribution in [0.3, 0.4) is 0 Å². The van der Waals surface area contributed by atoms with Crippen molar-refractivity contribution >= 4 is 17.9 Å². The summed E-state index contributed by atoms with van der Waals surface area (Å²) < 4.78 is 16.9. The van der Waals surface area contributed by atoms with E-state index in [4.69, 9.17) is 14.2 Å². The second kappa shape index (κ2) is 49.8. The van der Waals surface area contributed by atoms with Crippen LogP contribution in [0.2, 0.25) is 0 Å². The average molecular weight is 892 g/mol. The van der Waals surface area contributed by atoms with Gasteiger partial charge >= 0.3 is 17.9 Å². The number of esters is 3. The third-order valence-electron chi connectivity index (χ3n) is 13.3. The summed E-state index contributed by atoms with van der Waals surface area (Å²) >= 11 is 0. The Hall–Kier alpha value is -1.59. The normalized spacial score (nSPS) is 12.5. The molecule has 0 saturated heterocycles. The Morgan fingerprint density at radius 2 is 0.603 bits per heavy atom. The van der Waals surface area contributed by atoms with Crippen LogP contribution in [-0.4, -0.2) is 37.2 Å². The molecule has 0 fully saturated rings. The van der Waals surface area contributed by atoms with Gasteiger partial charge in [0.1, 0.15) is 13.2 Å². The van der Waals surface area contributed by atoms with Gasteiger partial charge in [0.05, 0.1) is 0 Å². The first-order chi connectivity index (χ1) is 30.8. The van der Waals surface area contributed by atoms with Crippen LogP contribution in [0.25, 0.3) is 0 Å². The van der Waals surface area contributed by atoms with E-state index in [0.717, 1.165) is 69.6 Å². The second-order valence-electron chi connectivity index (χ2n) is 20.3. The van der Waals surface area contributed by atoms with Crippen molar-refractivity contribution < 1.29 is 28.6 Å². The Labute approximate surface area is 393 Å². The monoisotopic (exact) mass is 891 g/mol. The Kier molecular flexibility index (Phi) is 48.6. The van der Waals surface area contributed by atoms with Crippen molar-refractivity contribution in [3.63, 3.8) is 0 Å². The van der Waals surface area contributed by atoms with Crippen LogP contribution < -0.4 is 0 Å². The van der Waals surface area contributed by atoms with E-state index in [9.17, 15) is 14.4 Å². The summed E-state index contributed by atoms with van der Waals surface area (Å²) in [4.78, 5) is 38.1. The molecule has 0 spiro atoms. The van der Waals surface area contributed by atoms with Crippen LogP contribution in [0, 0.1) is 11.8 Å². The molecule has 0 amide bonds. The van der Waals surface area contributed by atoms with E-state index in [1.807, 2.05) is 0 Å². The highest BCUT2D eigenvalue weighted by atomic mass is 16.6. The quantitative estimate of drug-likeness (QED) is 0.0344. The number of hydrogen-bond acceptors (Lipinski definition) is 6. The average Bonchev–Trinajstić information content (AvgIpc) is 3.27. The summed E-state index contributed by atoms with van der Waals surface area (Å²) in [6.07, 6.45) is 52.2. The summed E-state index contributed by atoms with van der Waals surface area (Å²) in [6.45, 7) is 11.4.